The maximum absolute atomic E-state index is 11.6. The van der Waals surface area contributed by atoms with Gasteiger partial charge in [0.15, 0.2) is 5.78 Å². The highest BCUT2D eigenvalue weighted by molar-refractivity contribution is 5.99. The zero-order valence-corrected chi connectivity index (χ0v) is 10.9. The van der Waals surface area contributed by atoms with Crippen molar-refractivity contribution in [3.63, 3.8) is 0 Å². The average molecular weight is 259 g/mol. The minimum absolute atomic E-state index is 0.0172. The van der Waals surface area contributed by atoms with Crippen LogP contribution in [0, 0.1) is 0 Å². The second kappa shape index (κ2) is 4.75. The molecule has 1 aliphatic heterocycles. The molecule has 2 aromatic rings. The van der Waals surface area contributed by atoms with Crippen molar-refractivity contribution in [1.29, 1.82) is 0 Å². The molecular weight excluding hydrogens is 242 g/mol. The lowest BCUT2D eigenvalue weighted by molar-refractivity contribution is 0.101. The molecule has 100 valence electrons. The molecule has 5 heteroatoms. The van der Waals surface area contributed by atoms with Crippen molar-refractivity contribution < 1.29 is 9.90 Å². The number of aliphatic hydroxyl groups excluding tert-OH is 1. The summed E-state index contributed by atoms with van der Waals surface area (Å²) in [5.74, 6) is 0.839. The first-order valence-electron chi connectivity index (χ1n) is 6.52. The SMILES string of the molecule is CC(=O)c1nc(CN2CCC(O)C2)n2ccccc12. The number of pyridine rings is 1. The normalized spacial score (nSPS) is 20.2. The first-order valence-corrected chi connectivity index (χ1v) is 6.52. The van der Waals surface area contributed by atoms with Crippen LogP contribution < -0.4 is 0 Å². The highest BCUT2D eigenvalue weighted by Gasteiger charge is 2.22. The number of likely N-dealkylation sites (tertiary alicyclic amines) is 1. The van der Waals surface area contributed by atoms with E-state index < -0.39 is 0 Å². The van der Waals surface area contributed by atoms with Crippen molar-refractivity contribution in [3.05, 3.63) is 35.9 Å². The van der Waals surface area contributed by atoms with E-state index >= 15 is 0 Å². The van der Waals surface area contributed by atoms with Gasteiger partial charge in [-0.25, -0.2) is 4.98 Å². The van der Waals surface area contributed by atoms with E-state index in [0.29, 0.717) is 18.8 Å². The number of β-amino-alcohol motifs (C(OH)–C–C–N with tert-alkyl or cyclic N) is 1. The van der Waals surface area contributed by atoms with E-state index in [1.165, 1.54) is 0 Å². The van der Waals surface area contributed by atoms with Crippen LogP contribution in [0.4, 0.5) is 0 Å². The molecular formula is C14H17N3O2. The Balaban J connectivity index is 1.97. The summed E-state index contributed by atoms with van der Waals surface area (Å²) in [6.07, 6.45) is 2.50. The summed E-state index contributed by atoms with van der Waals surface area (Å²) in [6.45, 7) is 3.75. The summed E-state index contributed by atoms with van der Waals surface area (Å²) in [5.41, 5.74) is 1.38. The zero-order chi connectivity index (χ0) is 13.4. The van der Waals surface area contributed by atoms with Crippen molar-refractivity contribution in [2.45, 2.75) is 26.0 Å². The standard InChI is InChI=1S/C14H17N3O2/c1-10(18)14-12-4-2-3-6-17(12)13(15-14)9-16-7-5-11(19)8-16/h2-4,6,11,19H,5,7-9H2,1H3. The minimum Gasteiger partial charge on any atom is -0.392 e. The lowest BCUT2D eigenvalue weighted by Gasteiger charge is -2.13. The van der Waals surface area contributed by atoms with E-state index in [4.69, 9.17) is 0 Å². The molecule has 1 atom stereocenters. The quantitative estimate of drug-likeness (QED) is 0.839. The molecule has 0 saturated carbocycles. The van der Waals surface area contributed by atoms with E-state index in [0.717, 1.165) is 24.3 Å². The number of rotatable bonds is 3. The van der Waals surface area contributed by atoms with Gasteiger partial charge < -0.3 is 9.51 Å². The third-order valence-corrected chi connectivity index (χ3v) is 3.57. The van der Waals surface area contributed by atoms with E-state index in [-0.39, 0.29) is 11.9 Å². The number of Topliss-reactive ketones (excluding diaryl/α,β-unsaturated/α-hetero) is 1. The van der Waals surface area contributed by atoms with Gasteiger partial charge in [-0.2, -0.15) is 0 Å². The van der Waals surface area contributed by atoms with E-state index in [1.54, 1.807) is 6.92 Å². The molecule has 0 aromatic carbocycles. The Morgan fingerprint density at radius 2 is 2.37 bits per heavy atom. The summed E-state index contributed by atoms with van der Waals surface area (Å²) in [6, 6.07) is 5.75. The number of aromatic nitrogens is 2. The maximum Gasteiger partial charge on any atom is 0.180 e. The van der Waals surface area contributed by atoms with Crippen molar-refractivity contribution in [3.8, 4) is 0 Å². The summed E-state index contributed by atoms with van der Waals surface area (Å²) < 4.78 is 1.96. The predicted octanol–water partition coefficient (Wildman–Crippen LogP) is 1.10. The Labute approximate surface area is 111 Å². The summed E-state index contributed by atoms with van der Waals surface area (Å²) in [4.78, 5) is 18.3. The number of fused-ring (bicyclic) bond motifs is 1. The fraction of sp³-hybridized carbons (Fsp3) is 0.429. The molecule has 1 aliphatic rings. The van der Waals surface area contributed by atoms with Crippen LogP contribution in [0.25, 0.3) is 5.52 Å². The van der Waals surface area contributed by atoms with Gasteiger partial charge in [0, 0.05) is 26.2 Å². The molecule has 0 aliphatic carbocycles. The summed E-state index contributed by atoms with van der Waals surface area (Å²) in [5, 5.41) is 9.56. The highest BCUT2D eigenvalue weighted by atomic mass is 16.3. The number of carbonyl (C=O) groups is 1. The van der Waals surface area contributed by atoms with Crippen molar-refractivity contribution in [2.75, 3.05) is 13.1 Å². The number of carbonyl (C=O) groups excluding carboxylic acids is 1. The molecule has 3 heterocycles. The second-order valence-corrected chi connectivity index (χ2v) is 5.07. The van der Waals surface area contributed by atoms with Gasteiger partial charge in [0.25, 0.3) is 0 Å². The topological polar surface area (TPSA) is 57.8 Å². The van der Waals surface area contributed by atoms with Gasteiger partial charge in [-0.1, -0.05) is 6.07 Å². The molecule has 0 radical (unpaired) electrons. The van der Waals surface area contributed by atoms with Crippen molar-refractivity contribution >= 4 is 11.3 Å². The van der Waals surface area contributed by atoms with Crippen molar-refractivity contribution in [1.82, 2.24) is 14.3 Å². The molecule has 0 spiro atoms. The Bertz CT molecular complexity index is 620. The van der Waals surface area contributed by atoms with Gasteiger partial charge in [0.2, 0.25) is 0 Å². The van der Waals surface area contributed by atoms with Crippen LogP contribution in [0.2, 0.25) is 0 Å². The van der Waals surface area contributed by atoms with Crippen LogP contribution in [-0.2, 0) is 6.54 Å². The lowest BCUT2D eigenvalue weighted by atomic mass is 10.2. The number of imidazole rings is 1. The van der Waals surface area contributed by atoms with Crippen LogP contribution >= 0.6 is 0 Å². The van der Waals surface area contributed by atoms with Crippen LogP contribution in [0.1, 0.15) is 29.7 Å². The molecule has 0 bridgehead atoms. The van der Waals surface area contributed by atoms with Gasteiger partial charge in [-0.05, 0) is 18.6 Å². The van der Waals surface area contributed by atoms with Crippen LogP contribution in [0.5, 0.6) is 0 Å². The summed E-state index contributed by atoms with van der Waals surface area (Å²) in [7, 11) is 0. The molecule has 1 saturated heterocycles. The fourth-order valence-corrected chi connectivity index (χ4v) is 2.63. The van der Waals surface area contributed by atoms with Gasteiger partial charge in [0.05, 0.1) is 18.2 Å². The molecule has 1 N–H and O–H groups in total. The number of nitrogens with zero attached hydrogens (tertiary/aromatic N) is 3. The molecule has 1 unspecified atom stereocenters. The van der Waals surface area contributed by atoms with Crippen LogP contribution in [0.3, 0.4) is 0 Å². The Morgan fingerprint density at radius 1 is 1.53 bits per heavy atom. The van der Waals surface area contributed by atoms with Gasteiger partial charge >= 0.3 is 0 Å². The van der Waals surface area contributed by atoms with Gasteiger partial charge in [-0.3, -0.25) is 9.69 Å². The molecule has 5 nitrogen and oxygen atoms in total. The largest absolute Gasteiger partial charge is 0.392 e. The highest BCUT2D eigenvalue weighted by Crippen LogP contribution is 2.17. The first-order chi connectivity index (χ1) is 9.15. The fourth-order valence-electron chi connectivity index (χ4n) is 2.63. The molecule has 19 heavy (non-hydrogen) atoms. The lowest BCUT2D eigenvalue weighted by Crippen LogP contribution is -2.22. The smallest absolute Gasteiger partial charge is 0.180 e. The Hall–Kier alpha value is -1.72. The van der Waals surface area contributed by atoms with E-state index in [1.807, 2.05) is 28.8 Å². The number of hydrogen-bond acceptors (Lipinski definition) is 4. The second-order valence-electron chi connectivity index (χ2n) is 5.07. The molecule has 3 rings (SSSR count). The number of aliphatic hydroxyl groups is 1. The van der Waals surface area contributed by atoms with Crippen LogP contribution in [-0.4, -0.2) is 44.4 Å². The van der Waals surface area contributed by atoms with Gasteiger partial charge in [-0.15, -0.1) is 0 Å². The molecule has 0 amide bonds. The van der Waals surface area contributed by atoms with Crippen LogP contribution in [0.15, 0.2) is 24.4 Å². The number of hydrogen-bond donors (Lipinski definition) is 1. The van der Waals surface area contributed by atoms with Crippen molar-refractivity contribution in [2.24, 2.45) is 0 Å². The average Bonchev–Trinajstić information content (AvgIpc) is 2.95. The predicted molar refractivity (Wildman–Crippen MR) is 71.1 cm³/mol. The Morgan fingerprint density at radius 3 is 3.05 bits per heavy atom. The third-order valence-electron chi connectivity index (χ3n) is 3.57. The maximum atomic E-state index is 11.6. The van der Waals surface area contributed by atoms with Gasteiger partial charge in [0.1, 0.15) is 11.5 Å². The number of ketones is 1. The van der Waals surface area contributed by atoms with E-state index in [2.05, 4.69) is 9.88 Å². The van der Waals surface area contributed by atoms with E-state index in [9.17, 15) is 9.90 Å². The monoisotopic (exact) mass is 259 g/mol. The summed E-state index contributed by atoms with van der Waals surface area (Å²) >= 11 is 0. The molecule has 1 fully saturated rings. The minimum atomic E-state index is -0.237. The molecule has 2 aromatic heterocycles. The zero-order valence-electron chi connectivity index (χ0n) is 10.9. The first kappa shape index (κ1) is 12.3. The third kappa shape index (κ3) is 2.27. The Kier molecular flexibility index (Phi) is 3.08.